The summed E-state index contributed by atoms with van der Waals surface area (Å²) in [6.07, 6.45) is 2.72. The monoisotopic (exact) mass is 328 g/mol. The van der Waals surface area contributed by atoms with Crippen LogP contribution in [0.2, 0.25) is 0 Å². The van der Waals surface area contributed by atoms with Crippen molar-refractivity contribution in [2.45, 2.75) is 13.3 Å². The predicted molar refractivity (Wildman–Crippen MR) is 96.0 cm³/mol. The molecule has 0 bridgehead atoms. The molecule has 1 aromatic carbocycles. The molecule has 3 rings (SSSR count). The molecule has 0 unspecified atom stereocenters. The lowest BCUT2D eigenvalue weighted by Crippen LogP contribution is -2.47. The van der Waals surface area contributed by atoms with Gasteiger partial charge in [-0.1, -0.05) is 19.1 Å². The Morgan fingerprint density at radius 3 is 2.62 bits per heavy atom. The van der Waals surface area contributed by atoms with E-state index in [1.54, 1.807) is 13.3 Å². The molecule has 1 saturated heterocycles. The van der Waals surface area contributed by atoms with Crippen molar-refractivity contribution in [1.29, 1.82) is 0 Å². The molecule has 1 fully saturated rings. The van der Waals surface area contributed by atoms with Crippen LogP contribution in [-0.4, -0.2) is 55.0 Å². The number of hydrogen-bond acceptors (Lipinski definition) is 7. The molecule has 7 nitrogen and oxygen atoms in total. The van der Waals surface area contributed by atoms with Gasteiger partial charge < -0.3 is 19.9 Å². The van der Waals surface area contributed by atoms with Crippen LogP contribution >= 0.6 is 0 Å². The molecule has 0 aliphatic carbocycles. The van der Waals surface area contributed by atoms with Crippen LogP contribution in [-0.2, 0) is 0 Å². The average molecular weight is 328 g/mol. The predicted octanol–water partition coefficient (Wildman–Crippen LogP) is 2.03. The maximum atomic E-state index is 5.47. The zero-order valence-electron chi connectivity index (χ0n) is 14.3. The second-order valence-corrected chi connectivity index (χ2v) is 5.71. The quantitative estimate of drug-likeness (QED) is 0.870. The summed E-state index contributed by atoms with van der Waals surface area (Å²) >= 11 is 0. The van der Waals surface area contributed by atoms with Crippen LogP contribution in [0, 0.1) is 0 Å². The van der Waals surface area contributed by atoms with E-state index in [-0.39, 0.29) is 0 Å². The molecule has 1 aliphatic rings. The molecule has 7 heteroatoms. The molecule has 0 amide bonds. The smallest absolute Gasteiger partial charge is 0.247 e. The minimum absolute atomic E-state index is 0.691. The summed E-state index contributed by atoms with van der Waals surface area (Å²) in [5.41, 5.74) is 1.14. The second kappa shape index (κ2) is 7.81. The van der Waals surface area contributed by atoms with E-state index in [1.807, 2.05) is 18.2 Å². The Labute approximate surface area is 142 Å². The van der Waals surface area contributed by atoms with Crippen LogP contribution in [0.15, 0.2) is 30.5 Å². The summed E-state index contributed by atoms with van der Waals surface area (Å²) in [4.78, 5) is 9.08. The highest BCUT2D eigenvalue weighted by atomic mass is 16.5. The van der Waals surface area contributed by atoms with Gasteiger partial charge in [0.25, 0.3) is 0 Å². The van der Waals surface area contributed by atoms with Gasteiger partial charge in [0.2, 0.25) is 5.95 Å². The van der Waals surface area contributed by atoms with E-state index < -0.39 is 0 Å². The van der Waals surface area contributed by atoms with E-state index in [0.29, 0.717) is 5.95 Å². The minimum Gasteiger partial charge on any atom is -0.495 e. The Hall–Kier alpha value is -2.57. The summed E-state index contributed by atoms with van der Waals surface area (Å²) in [5, 5.41) is 11.5. The van der Waals surface area contributed by atoms with Gasteiger partial charge in [-0.15, -0.1) is 5.10 Å². The third-order valence-corrected chi connectivity index (χ3v) is 4.09. The molecule has 1 aromatic heterocycles. The van der Waals surface area contributed by atoms with Crippen molar-refractivity contribution < 1.29 is 4.74 Å². The number of benzene rings is 1. The highest BCUT2D eigenvalue weighted by Gasteiger charge is 2.21. The fourth-order valence-corrected chi connectivity index (χ4v) is 2.80. The van der Waals surface area contributed by atoms with Gasteiger partial charge in [-0.3, -0.25) is 0 Å². The standard InChI is InChI=1S/C17H24N6O/c1-3-8-18-16-13-19-21-17(20-16)23-11-9-22(10-12-23)14-6-4-5-7-15(14)24-2/h4-7,13H,3,8-12H2,1-2H3,(H,18,20,21). The minimum atomic E-state index is 0.691. The van der Waals surface area contributed by atoms with Crippen molar-refractivity contribution >= 4 is 17.5 Å². The van der Waals surface area contributed by atoms with Crippen molar-refractivity contribution in [2.75, 3.05) is 55.0 Å². The molecule has 1 aliphatic heterocycles. The maximum absolute atomic E-state index is 5.47. The summed E-state index contributed by atoms with van der Waals surface area (Å²) in [6, 6.07) is 8.13. The van der Waals surface area contributed by atoms with Crippen molar-refractivity contribution in [3.63, 3.8) is 0 Å². The van der Waals surface area contributed by atoms with E-state index in [4.69, 9.17) is 4.74 Å². The number of nitrogens with zero attached hydrogens (tertiary/aromatic N) is 5. The normalized spacial score (nSPS) is 14.6. The van der Waals surface area contributed by atoms with Crippen LogP contribution in [0.25, 0.3) is 0 Å². The fourth-order valence-electron chi connectivity index (χ4n) is 2.80. The average Bonchev–Trinajstić information content (AvgIpc) is 2.66. The third kappa shape index (κ3) is 3.67. The van der Waals surface area contributed by atoms with Gasteiger partial charge in [-0.25, -0.2) is 0 Å². The first-order chi connectivity index (χ1) is 11.8. The van der Waals surface area contributed by atoms with E-state index in [1.165, 1.54) is 0 Å². The zero-order valence-corrected chi connectivity index (χ0v) is 14.3. The molecule has 1 N–H and O–H groups in total. The number of piperazine rings is 1. The van der Waals surface area contributed by atoms with E-state index in [0.717, 1.165) is 56.4 Å². The topological polar surface area (TPSA) is 66.4 Å². The van der Waals surface area contributed by atoms with Crippen molar-refractivity contribution in [3.8, 4) is 5.75 Å². The molecule has 0 atom stereocenters. The first-order valence-electron chi connectivity index (χ1n) is 8.38. The van der Waals surface area contributed by atoms with Gasteiger partial charge in [-0.2, -0.15) is 10.1 Å². The first-order valence-corrected chi connectivity index (χ1v) is 8.38. The molecule has 128 valence electrons. The molecule has 0 saturated carbocycles. The number of para-hydroxylation sites is 2. The van der Waals surface area contributed by atoms with Gasteiger partial charge in [-0.05, 0) is 18.6 Å². The van der Waals surface area contributed by atoms with Crippen LogP contribution in [0.3, 0.4) is 0 Å². The lowest BCUT2D eigenvalue weighted by atomic mass is 10.2. The number of ether oxygens (including phenoxy) is 1. The largest absolute Gasteiger partial charge is 0.495 e. The molecule has 24 heavy (non-hydrogen) atoms. The van der Waals surface area contributed by atoms with Crippen LogP contribution in [0.5, 0.6) is 5.75 Å². The number of hydrogen-bond donors (Lipinski definition) is 1. The number of methoxy groups -OCH3 is 1. The number of nitrogens with one attached hydrogen (secondary N) is 1. The van der Waals surface area contributed by atoms with Crippen LogP contribution in [0.1, 0.15) is 13.3 Å². The summed E-state index contributed by atoms with van der Waals surface area (Å²) in [7, 11) is 1.71. The van der Waals surface area contributed by atoms with E-state index >= 15 is 0 Å². The molecule has 2 aromatic rings. The summed E-state index contributed by atoms with van der Waals surface area (Å²) < 4.78 is 5.47. The van der Waals surface area contributed by atoms with Crippen LogP contribution < -0.4 is 19.9 Å². The number of anilines is 3. The lowest BCUT2D eigenvalue weighted by Gasteiger charge is -2.36. The van der Waals surface area contributed by atoms with E-state index in [9.17, 15) is 0 Å². The van der Waals surface area contributed by atoms with Gasteiger partial charge in [0.1, 0.15) is 5.75 Å². The molecule has 0 spiro atoms. The molecular weight excluding hydrogens is 304 g/mol. The summed E-state index contributed by atoms with van der Waals surface area (Å²) in [5.74, 6) is 2.39. The van der Waals surface area contributed by atoms with Crippen molar-refractivity contribution in [2.24, 2.45) is 0 Å². The molecule has 2 heterocycles. The van der Waals surface area contributed by atoms with Crippen LogP contribution in [0.4, 0.5) is 17.5 Å². The fraction of sp³-hybridized carbons (Fsp3) is 0.471. The first kappa shape index (κ1) is 16.3. The highest BCUT2D eigenvalue weighted by Crippen LogP contribution is 2.28. The zero-order chi connectivity index (χ0) is 16.8. The molecule has 0 radical (unpaired) electrons. The Morgan fingerprint density at radius 1 is 1.12 bits per heavy atom. The van der Waals surface area contributed by atoms with Gasteiger partial charge in [0, 0.05) is 32.7 Å². The van der Waals surface area contributed by atoms with Crippen molar-refractivity contribution in [3.05, 3.63) is 30.5 Å². The summed E-state index contributed by atoms with van der Waals surface area (Å²) in [6.45, 7) is 6.53. The van der Waals surface area contributed by atoms with Gasteiger partial charge >= 0.3 is 0 Å². The molecular formula is C17H24N6O. The Kier molecular flexibility index (Phi) is 5.30. The Morgan fingerprint density at radius 2 is 1.88 bits per heavy atom. The van der Waals surface area contributed by atoms with E-state index in [2.05, 4.69) is 43.3 Å². The third-order valence-electron chi connectivity index (χ3n) is 4.09. The highest BCUT2D eigenvalue weighted by molar-refractivity contribution is 5.59. The SMILES string of the molecule is CCCNc1cnnc(N2CCN(c3ccccc3OC)CC2)n1. The van der Waals surface area contributed by atoms with Gasteiger partial charge in [0.15, 0.2) is 5.82 Å². The maximum Gasteiger partial charge on any atom is 0.247 e. The number of rotatable bonds is 6. The van der Waals surface area contributed by atoms with Crippen molar-refractivity contribution in [1.82, 2.24) is 15.2 Å². The lowest BCUT2D eigenvalue weighted by molar-refractivity contribution is 0.413. The second-order valence-electron chi connectivity index (χ2n) is 5.71. The van der Waals surface area contributed by atoms with Gasteiger partial charge in [0.05, 0.1) is 19.0 Å². The number of aromatic nitrogens is 3. The Balaban J connectivity index is 1.65. The Bertz CT molecular complexity index is 657.